The van der Waals surface area contributed by atoms with Crippen molar-refractivity contribution in [2.24, 2.45) is 5.92 Å². The molecule has 2 rings (SSSR count). The summed E-state index contributed by atoms with van der Waals surface area (Å²) in [5.41, 5.74) is 0. The molecule has 2 saturated heterocycles. The van der Waals surface area contributed by atoms with Gasteiger partial charge in [-0.15, -0.1) is 0 Å². The zero-order valence-electron chi connectivity index (χ0n) is 13.6. The number of piperidine rings is 2. The second-order valence-electron chi connectivity index (χ2n) is 6.64. The smallest absolute Gasteiger partial charge is 0.214 e. The van der Waals surface area contributed by atoms with Crippen LogP contribution in [-0.4, -0.2) is 69.2 Å². The second-order valence-corrected chi connectivity index (χ2v) is 8.73. The number of hydrogen-bond donors (Lipinski definition) is 1. The molecule has 0 atom stereocenters. The molecule has 0 aromatic carbocycles. The molecule has 0 unspecified atom stereocenters. The highest BCUT2D eigenvalue weighted by Gasteiger charge is 2.27. The highest BCUT2D eigenvalue weighted by atomic mass is 32.2. The van der Waals surface area contributed by atoms with Crippen LogP contribution in [0.4, 0.5) is 0 Å². The second kappa shape index (κ2) is 7.90. The molecule has 2 heterocycles. The van der Waals surface area contributed by atoms with E-state index >= 15 is 0 Å². The maximum atomic E-state index is 12.0. The zero-order valence-corrected chi connectivity index (χ0v) is 14.4. The van der Waals surface area contributed by atoms with Gasteiger partial charge in [0.25, 0.3) is 0 Å². The summed E-state index contributed by atoms with van der Waals surface area (Å²) >= 11 is 0. The Bertz CT molecular complexity index is 397. The molecule has 2 aliphatic rings. The number of rotatable bonds is 6. The van der Waals surface area contributed by atoms with Gasteiger partial charge in [0, 0.05) is 19.1 Å². The molecule has 124 valence electrons. The van der Waals surface area contributed by atoms with E-state index in [9.17, 15) is 8.42 Å². The molecule has 6 heteroatoms. The van der Waals surface area contributed by atoms with Crippen molar-refractivity contribution in [3.63, 3.8) is 0 Å². The molecule has 0 radical (unpaired) electrons. The first kappa shape index (κ1) is 17.2. The largest absolute Gasteiger partial charge is 0.314 e. The molecule has 1 N–H and O–H groups in total. The number of hydrogen-bond acceptors (Lipinski definition) is 4. The maximum Gasteiger partial charge on any atom is 0.214 e. The van der Waals surface area contributed by atoms with Crippen LogP contribution in [0, 0.1) is 5.92 Å². The van der Waals surface area contributed by atoms with E-state index in [2.05, 4.69) is 17.3 Å². The van der Waals surface area contributed by atoms with Crippen LogP contribution in [0.25, 0.3) is 0 Å². The van der Waals surface area contributed by atoms with E-state index in [1.165, 1.54) is 25.9 Å². The van der Waals surface area contributed by atoms with Gasteiger partial charge in [-0.05, 0) is 64.7 Å². The summed E-state index contributed by atoms with van der Waals surface area (Å²) in [6.45, 7) is 6.81. The molecule has 0 aromatic rings. The summed E-state index contributed by atoms with van der Waals surface area (Å²) in [7, 11) is -0.808. The Kier molecular flexibility index (Phi) is 6.47. The Balaban J connectivity index is 1.67. The standard InChI is InChI=1S/C15H31N3O2S/c1-3-12-21(19,20)18-10-6-15(7-11-18)16-13-14-4-8-17(2)9-5-14/h14-16H,3-13H2,1-2H3. The van der Waals surface area contributed by atoms with Crippen molar-refractivity contribution in [3.8, 4) is 0 Å². The van der Waals surface area contributed by atoms with E-state index in [1.807, 2.05) is 6.92 Å². The van der Waals surface area contributed by atoms with Gasteiger partial charge in [0.05, 0.1) is 5.75 Å². The molecule has 21 heavy (non-hydrogen) atoms. The third-order valence-electron chi connectivity index (χ3n) is 4.84. The molecule has 2 fully saturated rings. The fraction of sp³-hybridized carbons (Fsp3) is 1.00. The van der Waals surface area contributed by atoms with Crippen LogP contribution in [-0.2, 0) is 10.0 Å². The van der Waals surface area contributed by atoms with Gasteiger partial charge in [-0.2, -0.15) is 0 Å². The zero-order chi connectivity index (χ0) is 15.3. The lowest BCUT2D eigenvalue weighted by Gasteiger charge is -2.34. The normalized spacial score (nSPS) is 24.5. The van der Waals surface area contributed by atoms with Crippen LogP contribution in [0.1, 0.15) is 39.0 Å². The topological polar surface area (TPSA) is 52.7 Å². The first-order valence-electron chi connectivity index (χ1n) is 8.41. The molecule has 0 amide bonds. The predicted molar refractivity (Wildman–Crippen MR) is 86.9 cm³/mol. The number of nitrogens with one attached hydrogen (secondary N) is 1. The average Bonchev–Trinajstić information content (AvgIpc) is 2.47. The van der Waals surface area contributed by atoms with E-state index in [-0.39, 0.29) is 0 Å². The Morgan fingerprint density at radius 3 is 2.24 bits per heavy atom. The fourth-order valence-electron chi connectivity index (χ4n) is 3.32. The number of sulfonamides is 1. The monoisotopic (exact) mass is 317 g/mol. The van der Waals surface area contributed by atoms with E-state index in [0.29, 0.717) is 31.3 Å². The van der Waals surface area contributed by atoms with E-state index < -0.39 is 10.0 Å². The molecule has 0 aliphatic carbocycles. The maximum absolute atomic E-state index is 12.0. The summed E-state index contributed by atoms with van der Waals surface area (Å²) in [6.07, 6.45) is 5.18. The van der Waals surface area contributed by atoms with Gasteiger partial charge < -0.3 is 10.2 Å². The van der Waals surface area contributed by atoms with Crippen molar-refractivity contribution >= 4 is 10.0 Å². The lowest BCUT2D eigenvalue weighted by atomic mass is 9.96. The van der Waals surface area contributed by atoms with E-state index in [0.717, 1.165) is 25.3 Å². The minimum Gasteiger partial charge on any atom is -0.314 e. The van der Waals surface area contributed by atoms with Gasteiger partial charge in [-0.1, -0.05) is 6.92 Å². The first-order valence-corrected chi connectivity index (χ1v) is 10.0. The van der Waals surface area contributed by atoms with E-state index in [1.54, 1.807) is 4.31 Å². The summed E-state index contributed by atoms with van der Waals surface area (Å²) in [5.74, 6) is 1.09. The van der Waals surface area contributed by atoms with Crippen molar-refractivity contribution in [2.45, 2.75) is 45.1 Å². The fourth-order valence-corrected chi connectivity index (χ4v) is 4.87. The van der Waals surface area contributed by atoms with Crippen molar-refractivity contribution in [2.75, 3.05) is 45.5 Å². The van der Waals surface area contributed by atoms with Gasteiger partial charge in [0.1, 0.15) is 0 Å². The third-order valence-corrected chi connectivity index (χ3v) is 6.92. The van der Waals surface area contributed by atoms with Crippen molar-refractivity contribution in [1.29, 1.82) is 0 Å². The summed E-state index contributed by atoms with van der Waals surface area (Å²) in [5, 5.41) is 3.67. The molecule has 0 aromatic heterocycles. The Morgan fingerprint density at radius 1 is 1.05 bits per heavy atom. The molecular weight excluding hydrogens is 286 g/mol. The van der Waals surface area contributed by atoms with E-state index in [4.69, 9.17) is 0 Å². The Morgan fingerprint density at radius 2 is 1.67 bits per heavy atom. The van der Waals surface area contributed by atoms with Crippen molar-refractivity contribution < 1.29 is 8.42 Å². The molecule has 0 spiro atoms. The first-order chi connectivity index (χ1) is 10.0. The van der Waals surface area contributed by atoms with Crippen LogP contribution in [0.5, 0.6) is 0 Å². The third kappa shape index (κ3) is 5.20. The number of likely N-dealkylation sites (tertiary alicyclic amines) is 1. The Hall–Kier alpha value is -0.170. The van der Waals surface area contributed by atoms with Crippen LogP contribution >= 0.6 is 0 Å². The summed E-state index contributed by atoms with van der Waals surface area (Å²) < 4.78 is 25.7. The minimum absolute atomic E-state index is 0.292. The molecule has 5 nitrogen and oxygen atoms in total. The lowest BCUT2D eigenvalue weighted by Crippen LogP contribution is -2.47. The Labute approximate surface area is 130 Å². The lowest BCUT2D eigenvalue weighted by molar-refractivity contribution is 0.204. The minimum atomic E-state index is -3.00. The number of nitrogens with zero attached hydrogens (tertiary/aromatic N) is 2. The molecular formula is C15H31N3O2S. The van der Waals surface area contributed by atoms with Crippen molar-refractivity contribution in [3.05, 3.63) is 0 Å². The van der Waals surface area contributed by atoms with Gasteiger partial charge in [0.15, 0.2) is 0 Å². The summed E-state index contributed by atoms with van der Waals surface area (Å²) in [6, 6.07) is 0.498. The molecule has 2 aliphatic heterocycles. The summed E-state index contributed by atoms with van der Waals surface area (Å²) in [4.78, 5) is 2.40. The van der Waals surface area contributed by atoms with Gasteiger partial charge in [-0.25, -0.2) is 12.7 Å². The highest BCUT2D eigenvalue weighted by Crippen LogP contribution is 2.18. The van der Waals surface area contributed by atoms with Gasteiger partial charge in [0.2, 0.25) is 10.0 Å². The van der Waals surface area contributed by atoms with Gasteiger partial charge in [-0.3, -0.25) is 0 Å². The highest BCUT2D eigenvalue weighted by molar-refractivity contribution is 7.89. The van der Waals surface area contributed by atoms with Crippen molar-refractivity contribution in [1.82, 2.24) is 14.5 Å². The van der Waals surface area contributed by atoms with Crippen LogP contribution in [0.3, 0.4) is 0 Å². The average molecular weight is 317 g/mol. The SMILES string of the molecule is CCCS(=O)(=O)N1CCC(NCC2CCN(C)CC2)CC1. The predicted octanol–water partition coefficient (Wildman–Crippen LogP) is 1.12. The van der Waals surface area contributed by atoms with Crippen LogP contribution in [0.15, 0.2) is 0 Å². The quantitative estimate of drug-likeness (QED) is 0.798. The van der Waals surface area contributed by atoms with Crippen LogP contribution in [0.2, 0.25) is 0 Å². The van der Waals surface area contributed by atoms with Crippen LogP contribution < -0.4 is 5.32 Å². The molecule has 0 saturated carbocycles. The van der Waals surface area contributed by atoms with Gasteiger partial charge >= 0.3 is 0 Å². The molecule has 0 bridgehead atoms.